The number of imide groups is 1. The number of amides is 3. The Balaban J connectivity index is 1.35. The van der Waals surface area contributed by atoms with Gasteiger partial charge < -0.3 is 9.64 Å². The van der Waals surface area contributed by atoms with Crippen LogP contribution in [-0.4, -0.2) is 47.7 Å². The first-order valence-corrected chi connectivity index (χ1v) is 10.8. The van der Waals surface area contributed by atoms with Crippen molar-refractivity contribution >= 4 is 28.5 Å². The van der Waals surface area contributed by atoms with Crippen molar-refractivity contribution in [1.82, 2.24) is 9.80 Å². The second-order valence-electron chi connectivity index (χ2n) is 7.90. The number of nitrogens with zero attached hydrogens (tertiary/aromatic N) is 2. The number of carbonyl (C=O) groups is 3. The Morgan fingerprint density at radius 3 is 2.16 bits per heavy atom. The van der Waals surface area contributed by atoms with Gasteiger partial charge in [0.1, 0.15) is 5.75 Å². The first kappa shape index (κ1) is 21.6. The Labute approximate surface area is 187 Å². The van der Waals surface area contributed by atoms with E-state index in [2.05, 4.69) is 0 Å². The van der Waals surface area contributed by atoms with E-state index < -0.39 is 0 Å². The molecule has 1 heterocycles. The highest BCUT2D eigenvalue weighted by Crippen LogP contribution is 2.30. The maximum atomic E-state index is 12.9. The predicted octanol–water partition coefficient (Wildman–Crippen LogP) is 4.27. The third-order valence-electron chi connectivity index (χ3n) is 5.71. The summed E-state index contributed by atoms with van der Waals surface area (Å²) in [6.45, 7) is 3.25. The highest BCUT2D eigenvalue weighted by Gasteiger charge is 2.32. The van der Waals surface area contributed by atoms with Crippen molar-refractivity contribution in [3.05, 3.63) is 77.4 Å². The standard InChI is InChI=1S/C26H26N2O4/c1-3-32-20-14-12-18(13-15-20)17-27(2)23(29)11-6-16-28-25(30)21-9-4-7-19-8-5-10-22(24(19)21)26(28)31/h4-5,7-10,12-15H,3,6,11,16-17H2,1-2H3. The van der Waals surface area contributed by atoms with Gasteiger partial charge in [0.25, 0.3) is 11.8 Å². The fraction of sp³-hybridized carbons (Fsp3) is 0.269. The summed E-state index contributed by atoms with van der Waals surface area (Å²) >= 11 is 0. The van der Waals surface area contributed by atoms with Gasteiger partial charge in [-0.2, -0.15) is 0 Å². The zero-order valence-electron chi connectivity index (χ0n) is 18.3. The van der Waals surface area contributed by atoms with Gasteiger partial charge in [-0.1, -0.05) is 36.4 Å². The summed E-state index contributed by atoms with van der Waals surface area (Å²) in [5.74, 6) is 0.181. The summed E-state index contributed by atoms with van der Waals surface area (Å²) in [4.78, 5) is 41.4. The van der Waals surface area contributed by atoms with E-state index in [0.717, 1.165) is 16.7 Å². The molecule has 0 aromatic heterocycles. The molecule has 164 valence electrons. The zero-order valence-corrected chi connectivity index (χ0v) is 18.3. The number of rotatable bonds is 8. The van der Waals surface area contributed by atoms with Crippen molar-refractivity contribution in [2.24, 2.45) is 0 Å². The molecule has 0 fully saturated rings. The van der Waals surface area contributed by atoms with E-state index in [1.54, 1.807) is 24.1 Å². The van der Waals surface area contributed by atoms with Crippen molar-refractivity contribution in [2.75, 3.05) is 20.2 Å². The largest absolute Gasteiger partial charge is 0.494 e. The Bertz CT molecular complexity index is 1120. The minimum atomic E-state index is -0.297. The van der Waals surface area contributed by atoms with Gasteiger partial charge in [0.2, 0.25) is 5.91 Å². The molecule has 3 aromatic carbocycles. The topological polar surface area (TPSA) is 66.9 Å². The minimum absolute atomic E-state index is 0.0294. The first-order chi connectivity index (χ1) is 15.5. The average Bonchev–Trinajstić information content (AvgIpc) is 2.80. The highest BCUT2D eigenvalue weighted by molar-refractivity contribution is 6.25. The lowest BCUT2D eigenvalue weighted by Gasteiger charge is -2.27. The molecule has 0 saturated heterocycles. The van der Waals surface area contributed by atoms with Crippen LogP contribution in [0.1, 0.15) is 46.0 Å². The molecule has 1 aliphatic heterocycles. The van der Waals surface area contributed by atoms with Gasteiger partial charge in [0.05, 0.1) is 6.61 Å². The molecule has 32 heavy (non-hydrogen) atoms. The van der Waals surface area contributed by atoms with Gasteiger partial charge in [-0.3, -0.25) is 19.3 Å². The lowest BCUT2D eigenvalue weighted by Crippen LogP contribution is -2.41. The lowest BCUT2D eigenvalue weighted by atomic mass is 9.94. The van der Waals surface area contributed by atoms with E-state index >= 15 is 0 Å². The summed E-state index contributed by atoms with van der Waals surface area (Å²) < 4.78 is 5.44. The Morgan fingerprint density at radius 2 is 1.56 bits per heavy atom. The maximum Gasteiger partial charge on any atom is 0.261 e. The smallest absolute Gasteiger partial charge is 0.261 e. The minimum Gasteiger partial charge on any atom is -0.494 e. The number of ether oxygens (including phenoxy) is 1. The van der Waals surface area contributed by atoms with E-state index in [9.17, 15) is 14.4 Å². The molecule has 6 nitrogen and oxygen atoms in total. The Morgan fingerprint density at radius 1 is 0.938 bits per heavy atom. The van der Waals surface area contributed by atoms with E-state index in [0.29, 0.717) is 36.1 Å². The van der Waals surface area contributed by atoms with Gasteiger partial charge in [0.15, 0.2) is 0 Å². The molecule has 0 N–H and O–H groups in total. The van der Waals surface area contributed by atoms with Crippen LogP contribution >= 0.6 is 0 Å². The molecule has 0 bridgehead atoms. The number of benzene rings is 3. The van der Waals surface area contributed by atoms with Crippen LogP contribution in [0.5, 0.6) is 5.75 Å². The summed E-state index contributed by atoms with van der Waals surface area (Å²) in [5, 5.41) is 1.60. The van der Waals surface area contributed by atoms with Crippen LogP contribution in [0.15, 0.2) is 60.7 Å². The molecule has 0 spiro atoms. The summed E-state index contributed by atoms with van der Waals surface area (Å²) in [7, 11) is 1.76. The summed E-state index contributed by atoms with van der Waals surface area (Å²) in [6.07, 6.45) is 0.679. The SMILES string of the molecule is CCOc1ccc(CN(C)C(=O)CCCN2C(=O)c3cccc4cccc(c34)C2=O)cc1. The molecule has 0 unspecified atom stereocenters. The molecular weight excluding hydrogens is 404 g/mol. The van der Waals surface area contributed by atoms with Crippen LogP contribution in [0.25, 0.3) is 10.8 Å². The summed E-state index contributed by atoms with van der Waals surface area (Å²) in [5.41, 5.74) is 2.09. The van der Waals surface area contributed by atoms with E-state index in [1.165, 1.54) is 4.90 Å². The monoisotopic (exact) mass is 430 g/mol. The maximum absolute atomic E-state index is 12.9. The number of hydrogen-bond donors (Lipinski definition) is 0. The van der Waals surface area contributed by atoms with Gasteiger partial charge >= 0.3 is 0 Å². The molecule has 1 aliphatic rings. The second-order valence-corrected chi connectivity index (χ2v) is 7.90. The van der Waals surface area contributed by atoms with Crippen molar-refractivity contribution in [2.45, 2.75) is 26.3 Å². The fourth-order valence-electron chi connectivity index (χ4n) is 4.08. The zero-order chi connectivity index (χ0) is 22.7. The van der Waals surface area contributed by atoms with Crippen LogP contribution in [0.3, 0.4) is 0 Å². The molecule has 4 rings (SSSR count). The van der Waals surface area contributed by atoms with Crippen LogP contribution in [0, 0.1) is 0 Å². The fourth-order valence-corrected chi connectivity index (χ4v) is 4.08. The van der Waals surface area contributed by atoms with Crippen LogP contribution in [0.2, 0.25) is 0 Å². The normalized spacial score (nSPS) is 12.9. The predicted molar refractivity (Wildman–Crippen MR) is 123 cm³/mol. The number of carbonyl (C=O) groups excluding carboxylic acids is 3. The molecule has 6 heteroatoms. The summed E-state index contributed by atoms with van der Waals surface area (Å²) in [6, 6.07) is 18.6. The Kier molecular flexibility index (Phi) is 6.21. The quantitative estimate of drug-likeness (QED) is 0.501. The van der Waals surface area contributed by atoms with Crippen LogP contribution < -0.4 is 4.74 Å². The Hall–Kier alpha value is -3.67. The molecule has 0 aliphatic carbocycles. The molecule has 3 amide bonds. The van der Waals surface area contributed by atoms with Gasteiger partial charge in [0, 0.05) is 43.1 Å². The molecule has 0 atom stereocenters. The second kappa shape index (κ2) is 9.22. The van der Waals surface area contributed by atoms with Gasteiger partial charge in [-0.25, -0.2) is 0 Å². The van der Waals surface area contributed by atoms with E-state index in [1.807, 2.05) is 55.5 Å². The van der Waals surface area contributed by atoms with E-state index in [4.69, 9.17) is 4.74 Å². The first-order valence-electron chi connectivity index (χ1n) is 10.8. The average molecular weight is 431 g/mol. The molecule has 0 saturated carbocycles. The lowest BCUT2D eigenvalue weighted by molar-refractivity contribution is -0.130. The number of hydrogen-bond acceptors (Lipinski definition) is 4. The highest BCUT2D eigenvalue weighted by atomic mass is 16.5. The van der Waals surface area contributed by atoms with Gasteiger partial charge in [-0.15, -0.1) is 0 Å². The third kappa shape index (κ3) is 4.21. The molecule has 3 aromatic rings. The molecule has 0 radical (unpaired) electrons. The molecular formula is C26H26N2O4. The van der Waals surface area contributed by atoms with Gasteiger partial charge in [-0.05, 0) is 48.6 Å². The van der Waals surface area contributed by atoms with Crippen molar-refractivity contribution in [3.8, 4) is 5.75 Å². The van der Waals surface area contributed by atoms with Crippen molar-refractivity contribution in [3.63, 3.8) is 0 Å². The third-order valence-corrected chi connectivity index (χ3v) is 5.71. The van der Waals surface area contributed by atoms with Crippen molar-refractivity contribution in [1.29, 1.82) is 0 Å². The van der Waals surface area contributed by atoms with E-state index in [-0.39, 0.29) is 30.7 Å². The van der Waals surface area contributed by atoms with Crippen LogP contribution in [-0.2, 0) is 11.3 Å². The van der Waals surface area contributed by atoms with Crippen molar-refractivity contribution < 1.29 is 19.1 Å². The van der Waals surface area contributed by atoms with Crippen LogP contribution in [0.4, 0.5) is 0 Å².